The van der Waals surface area contributed by atoms with E-state index in [1.807, 2.05) is 0 Å². The maximum absolute atomic E-state index is 12.0. The highest BCUT2D eigenvalue weighted by atomic mass is 35.5. The number of aromatic nitrogens is 2. The molecular weight excluding hydrogens is 320 g/mol. The van der Waals surface area contributed by atoms with Crippen LogP contribution in [0.4, 0.5) is 5.69 Å². The highest BCUT2D eigenvalue weighted by Crippen LogP contribution is 2.26. The molecule has 0 radical (unpaired) electrons. The van der Waals surface area contributed by atoms with Crippen molar-refractivity contribution in [1.29, 1.82) is 0 Å². The van der Waals surface area contributed by atoms with Crippen molar-refractivity contribution in [3.63, 3.8) is 0 Å². The van der Waals surface area contributed by atoms with Crippen LogP contribution in [-0.4, -0.2) is 29.7 Å². The van der Waals surface area contributed by atoms with E-state index in [1.54, 1.807) is 23.1 Å². The fraction of sp³-hybridized carbons (Fsp3) is 0.182. The second-order valence-electron chi connectivity index (χ2n) is 4.04. The van der Waals surface area contributed by atoms with Crippen molar-refractivity contribution in [3.8, 4) is 0 Å². The summed E-state index contributed by atoms with van der Waals surface area (Å²) in [6.07, 6.45) is 3.28. The summed E-state index contributed by atoms with van der Waals surface area (Å²) in [6, 6.07) is 5.04. The lowest BCUT2D eigenvalue weighted by Gasteiger charge is -2.07. The Balaban J connectivity index is 2.12. The average Bonchev–Trinajstić information content (AvgIpc) is 2.91. The quantitative estimate of drug-likeness (QED) is 0.636. The number of hydrogen-bond donors (Lipinski definition) is 1. The van der Waals surface area contributed by atoms with Crippen LogP contribution in [0.1, 0.15) is 0 Å². The molecular formula is C11H11ClN4O4S. The fourth-order valence-electron chi connectivity index (χ4n) is 1.61. The van der Waals surface area contributed by atoms with Crippen molar-refractivity contribution in [2.24, 2.45) is 0 Å². The third-order valence-electron chi connectivity index (χ3n) is 2.62. The van der Waals surface area contributed by atoms with E-state index in [4.69, 9.17) is 11.6 Å². The number of nitro benzene ring substituents is 1. The smallest absolute Gasteiger partial charge is 0.271 e. The van der Waals surface area contributed by atoms with Gasteiger partial charge in [0.05, 0.1) is 16.4 Å². The van der Waals surface area contributed by atoms with Gasteiger partial charge in [-0.3, -0.25) is 14.8 Å². The first-order valence-electron chi connectivity index (χ1n) is 5.81. The Morgan fingerprint density at radius 3 is 2.81 bits per heavy atom. The molecule has 0 saturated carbocycles. The Hall–Kier alpha value is -1.97. The molecule has 112 valence electrons. The number of sulfonamides is 1. The van der Waals surface area contributed by atoms with Gasteiger partial charge in [-0.1, -0.05) is 11.6 Å². The summed E-state index contributed by atoms with van der Waals surface area (Å²) < 4.78 is 28.0. The molecule has 1 heterocycles. The Morgan fingerprint density at radius 1 is 1.43 bits per heavy atom. The van der Waals surface area contributed by atoms with Gasteiger partial charge in [-0.25, -0.2) is 13.1 Å². The van der Waals surface area contributed by atoms with Crippen LogP contribution in [0.3, 0.4) is 0 Å². The number of hydrogen-bond acceptors (Lipinski definition) is 5. The predicted octanol–water partition coefficient (Wildman–Crippen LogP) is 1.42. The van der Waals surface area contributed by atoms with Gasteiger partial charge in [-0.2, -0.15) is 5.10 Å². The van der Waals surface area contributed by atoms with E-state index in [9.17, 15) is 18.5 Å². The summed E-state index contributed by atoms with van der Waals surface area (Å²) in [4.78, 5) is 9.82. The minimum Gasteiger partial charge on any atom is -0.271 e. The van der Waals surface area contributed by atoms with Gasteiger partial charge in [0.1, 0.15) is 5.02 Å². The molecule has 0 amide bonds. The van der Waals surface area contributed by atoms with Crippen molar-refractivity contribution in [2.75, 3.05) is 6.54 Å². The summed E-state index contributed by atoms with van der Waals surface area (Å²) in [5, 5.41) is 14.6. The third-order valence-corrected chi connectivity index (χ3v) is 4.40. The molecule has 1 aromatic heterocycles. The van der Waals surface area contributed by atoms with Crippen LogP contribution in [-0.2, 0) is 16.6 Å². The molecule has 0 spiro atoms. The van der Waals surface area contributed by atoms with Gasteiger partial charge in [-0.05, 0) is 18.2 Å². The van der Waals surface area contributed by atoms with Gasteiger partial charge in [0.2, 0.25) is 10.0 Å². The van der Waals surface area contributed by atoms with Gasteiger partial charge < -0.3 is 0 Å². The minimum atomic E-state index is -3.84. The molecule has 0 unspecified atom stereocenters. The Bertz CT molecular complexity index is 746. The minimum absolute atomic E-state index is 0.112. The molecule has 2 rings (SSSR count). The summed E-state index contributed by atoms with van der Waals surface area (Å²) in [6.45, 7) is 0.461. The Morgan fingerprint density at radius 2 is 2.19 bits per heavy atom. The van der Waals surface area contributed by atoms with Crippen LogP contribution >= 0.6 is 11.6 Å². The van der Waals surface area contributed by atoms with E-state index in [0.29, 0.717) is 6.54 Å². The van der Waals surface area contributed by atoms with Crippen LogP contribution in [0.5, 0.6) is 0 Å². The van der Waals surface area contributed by atoms with Gasteiger partial charge in [0, 0.05) is 25.0 Å². The van der Waals surface area contributed by atoms with Crippen molar-refractivity contribution in [3.05, 3.63) is 51.8 Å². The van der Waals surface area contributed by atoms with E-state index >= 15 is 0 Å². The topological polar surface area (TPSA) is 107 Å². The molecule has 2 aromatic rings. The molecule has 8 nitrogen and oxygen atoms in total. The lowest BCUT2D eigenvalue weighted by Crippen LogP contribution is -2.27. The first kappa shape index (κ1) is 15.4. The predicted molar refractivity (Wildman–Crippen MR) is 75.5 cm³/mol. The van der Waals surface area contributed by atoms with Crippen LogP contribution < -0.4 is 4.72 Å². The first-order valence-corrected chi connectivity index (χ1v) is 7.67. The number of halogens is 1. The van der Waals surface area contributed by atoms with Crippen LogP contribution in [0, 0.1) is 10.1 Å². The maximum atomic E-state index is 12.0. The molecule has 0 aliphatic heterocycles. The molecule has 0 aliphatic carbocycles. The summed E-state index contributed by atoms with van der Waals surface area (Å²) in [5.41, 5.74) is -0.452. The molecule has 1 aromatic carbocycles. The van der Waals surface area contributed by atoms with E-state index < -0.39 is 20.6 Å². The van der Waals surface area contributed by atoms with Crippen molar-refractivity contribution in [2.45, 2.75) is 11.4 Å². The fourth-order valence-corrected chi connectivity index (χ4v) is 2.84. The zero-order chi connectivity index (χ0) is 15.5. The lowest BCUT2D eigenvalue weighted by atomic mass is 10.3. The SMILES string of the molecule is O=[N+]([O-])c1cc(S(=O)(=O)NCCn2cccn2)ccc1Cl. The highest BCUT2D eigenvalue weighted by Gasteiger charge is 2.20. The number of rotatable bonds is 6. The number of benzene rings is 1. The monoisotopic (exact) mass is 330 g/mol. The first-order chi connectivity index (χ1) is 9.90. The highest BCUT2D eigenvalue weighted by molar-refractivity contribution is 7.89. The normalized spacial score (nSPS) is 11.5. The van der Waals surface area contributed by atoms with E-state index in [2.05, 4.69) is 9.82 Å². The standard InChI is InChI=1S/C11H11ClN4O4S/c12-10-3-2-9(8-11(10)16(17)18)21(19,20)14-5-7-15-6-1-4-13-15/h1-4,6,8,14H,5,7H2. The summed E-state index contributed by atoms with van der Waals surface area (Å²) >= 11 is 5.64. The van der Waals surface area contributed by atoms with Crippen LogP contribution in [0.2, 0.25) is 5.02 Å². The van der Waals surface area contributed by atoms with Gasteiger partial charge in [0.25, 0.3) is 5.69 Å². The lowest BCUT2D eigenvalue weighted by molar-refractivity contribution is -0.384. The zero-order valence-electron chi connectivity index (χ0n) is 10.6. The number of nitro groups is 1. The largest absolute Gasteiger partial charge is 0.289 e. The number of nitrogens with one attached hydrogen (secondary N) is 1. The molecule has 0 bridgehead atoms. The molecule has 10 heteroatoms. The molecule has 0 fully saturated rings. The Kier molecular flexibility index (Phi) is 4.56. The maximum Gasteiger partial charge on any atom is 0.289 e. The zero-order valence-corrected chi connectivity index (χ0v) is 12.2. The third kappa shape index (κ3) is 3.78. The Labute approximate surface area is 125 Å². The molecule has 1 N–H and O–H groups in total. The van der Waals surface area contributed by atoms with Crippen molar-refractivity contribution < 1.29 is 13.3 Å². The molecule has 0 saturated heterocycles. The molecule has 0 atom stereocenters. The average molecular weight is 331 g/mol. The molecule has 21 heavy (non-hydrogen) atoms. The molecule has 0 aliphatic rings. The summed E-state index contributed by atoms with van der Waals surface area (Å²) in [7, 11) is -3.84. The van der Waals surface area contributed by atoms with Gasteiger partial charge in [-0.15, -0.1) is 0 Å². The number of nitrogens with zero attached hydrogens (tertiary/aromatic N) is 3. The van der Waals surface area contributed by atoms with Crippen LogP contribution in [0.15, 0.2) is 41.6 Å². The van der Waals surface area contributed by atoms with E-state index in [1.165, 1.54) is 12.1 Å². The van der Waals surface area contributed by atoms with Gasteiger partial charge in [0.15, 0.2) is 0 Å². The van der Waals surface area contributed by atoms with E-state index in [-0.39, 0.29) is 16.5 Å². The van der Waals surface area contributed by atoms with E-state index in [0.717, 1.165) is 6.07 Å². The summed E-state index contributed by atoms with van der Waals surface area (Å²) in [5.74, 6) is 0. The van der Waals surface area contributed by atoms with Crippen molar-refractivity contribution in [1.82, 2.24) is 14.5 Å². The second-order valence-corrected chi connectivity index (χ2v) is 6.21. The van der Waals surface area contributed by atoms with Crippen molar-refractivity contribution >= 4 is 27.3 Å². The van der Waals surface area contributed by atoms with Gasteiger partial charge >= 0.3 is 0 Å². The second kappa shape index (κ2) is 6.20. The van der Waals surface area contributed by atoms with Crippen LogP contribution in [0.25, 0.3) is 0 Å².